The second-order valence-electron chi connectivity index (χ2n) is 11.0. The summed E-state index contributed by atoms with van der Waals surface area (Å²) in [6.07, 6.45) is 2.56. The molecule has 5 rings (SSSR count). The van der Waals surface area contributed by atoms with Crippen molar-refractivity contribution in [2.45, 2.75) is 52.0 Å². The second-order valence-corrected chi connectivity index (χ2v) is 11.0. The van der Waals surface area contributed by atoms with Gasteiger partial charge in [-0.1, -0.05) is 18.1 Å². The Morgan fingerprint density at radius 2 is 1.88 bits per heavy atom. The standard InChI is InChI=1S/C31H39F2N7O2/c1-3-4-13-39(20-22(2)21-41)24-11-9-23(10-12-24)19-34-31-36-27(38-14-16-42-17-15-38)18-28(37-31)40-26-8-6-5-7-25(26)35-30(40)29(32)33/h5-8,18,21,23-24,29,41H,9-17,19-20H2,1-2H3,(H,34,36,37)/b22-21+. The van der Waals surface area contributed by atoms with Crippen LogP contribution in [0.3, 0.4) is 0 Å². The molecule has 11 heteroatoms. The van der Waals surface area contributed by atoms with E-state index in [1.165, 1.54) is 10.8 Å². The number of hydrogen-bond donors (Lipinski definition) is 2. The monoisotopic (exact) mass is 579 g/mol. The van der Waals surface area contributed by atoms with Gasteiger partial charge in [0.1, 0.15) is 11.6 Å². The number of anilines is 2. The first-order valence-corrected chi connectivity index (χ1v) is 14.6. The minimum Gasteiger partial charge on any atom is -0.516 e. The fourth-order valence-corrected chi connectivity index (χ4v) is 5.81. The molecule has 0 radical (unpaired) electrons. The number of nitrogens with zero attached hydrogens (tertiary/aromatic N) is 6. The summed E-state index contributed by atoms with van der Waals surface area (Å²) in [5, 5.41) is 12.8. The van der Waals surface area contributed by atoms with Crippen molar-refractivity contribution in [1.82, 2.24) is 24.4 Å². The normalized spacial score (nSPS) is 19.8. The lowest BCUT2D eigenvalue weighted by molar-refractivity contribution is 0.122. The summed E-state index contributed by atoms with van der Waals surface area (Å²) in [6, 6.07) is 9.28. The van der Waals surface area contributed by atoms with Crippen LogP contribution in [-0.4, -0.2) is 81.5 Å². The van der Waals surface area contributed by atoms with Gasteiger partial charge < -0.3 is 20.1 Å². The Morgan fingerprint density at radius 1 is 1.14 bits per heavy atom. The van der Waals surface area contributed by atoms with Crippen LogP contribution in [0.1, 0.15) is 51.8 Å². The summed E-state index contributed by atoms with van der Waals surface area (Å²) in [7, 11) is 0. The third-order valence-corrected chi connectivity index (χ3v) is 8.06. The Labute approximate surface area is 245 Å². The third-order valence-electron chi connectivity index (χ3n) is 8.06. The number of fused-ring (bicyclic) bond motifs is 1. The van der Waals surface area contributed by atoms with Gasteiger partial charge in [0.05, 0.1) is 37.1 Å². The number of aliphatic hydroxyl groups is 1. The van der Waals surface area contributed by atoms with Gasteiger partial charge in [-0.3, -0.25) is 9.47 Å². The third kappa shape index (κ3) is 6.99. The van der Waals surface area contributed by atoms with E-state index in [0.29, 0.717) is 86.5 Å². The van der Waals surface area contributed by atoms with E-state index in [1.807, 2.05) is 19.9 Å². The number of aromatic nitrogens is 4. The van der Waals surface area contributed by atoms with Gasteiger partial charge >= 0.3 is 0 Å². The Balaban J connectivity index is 1.34. The minimum absolute atomic E-state index is 0.337. The van der Waals surface area contributed by atoms with Gasteiger partial charge in [-0.25, -0.2) is 13.8 Å². The average Bonchev–Trinajstić information content (AvgIpc) is 3.43. The molecule has 0 atom stereocenters. The molecule has 3 aromatic rings. The molecule has 3 heterocycles. The van der Waals surface area contributed by atoms with Crippen LogP contribution in [0.2, 0.25) is 0 Å². The number of para-hydroxylation sites is 2. The number of ether oxygens (including phenoxy) is 1. The molecule has 9 nitrogen and oxygen atoms in total. The number of rotatable bonds is 10. The van der Waals surface area contributed by atoms with E-state index < -0.39 is 6.43 Å². The van der Waals surface area contributed by atoms with Crippen molar-refractivity contribution in [1.29, 1.82) is 0 Å². The SMILES string of the molecule is CC#CCN(C/C(C)=C/O)C1CCC(CNc2nc(N3CCOCC3)cc(-n3c(C(F)F)nc4ccccc43)n2)CC1. The second kappa shape index (κ2) is 13.9. The summed E-state index contributed by atoms with van der Waals surface area (Å²) in [5.74, 6) is 7.70. The molecular formula is C31H39F2N7O2. The maximum absolute atomic E-state index is 14.1. The molecule has 1 saturated heterocycles. The number of nitrogens with one attached hydrogen (secondary N) is 1. The van der Waals surface area contributed by atoms with E-state index in [4.69, 9.17) is 14.7 Å². The van der Waals surface area contributed by atoms with Crippen LogP contribution in [0.5, 0.6) is 0 Å². The summed E-state index contributed by atoms with van der Waals surface area (Å²) < 4.78 is 35.3. The molecule has 1 aromatic carbocycles. The van der Waals surface area contributed by atoms with Crippen LogP contribution in [-0.2, 0) is 4.74 Å². The molecule has 1 saturated carbocycles. The molecule has 0 amide bonds. The van der Waals surface area contributed by atoms with Crippen LogP contribution in [0.15, 0.2) is 42.2 Å². The maximum atomic E-state index is 14.1. The first-order valence-electron chi connectivity index (χ1n) is 14.6. The number of alkyl halides is 2. The van der Waals surface area contributed by atoms with E-state index in [2.05, 4.69) is 31.9 Å². The first kappa shape index (κ1) is 29.7. The van der Waals surface area contributed by atoms with Crippen molar-refractivity contribution < 1.29 is 18.6 Å². The number of morpholine rings is 1. The first-order chi connectivity index (χ1) is 20.5. The molecule has 1 aliphatic carbocycles. The van der Waals surface area contributed by atoms with E-state index in [9.17, 15) is 13.9 Å². The summed E-state index contributed by atoms with van der Waals surface area (Å²) >= 11 is 0. The molecule has 42 heavy (non-hydrogen) atoms. The van der Waals surface area contributed by atoms with Crippen molar-refractivity contribution in [3.8, 4) is 17.7 Å². The van der Waals surface area contributed by atoms with Crippen LogP contribution < -0.4 is 10.2 Å². The Hall–Kier alpha value is -3.75. The van der Waals surface area contributed by atoms with E-state index in [0.717, 1.165) is 31.3 Å². The highest BCUT2D eigenvalue weighted by Gasteiger charge is 2.27. The van der Waals surface area contributed by atoms with Gasteiger partial charge in [0.2, 0.25) is 5.95 Å². The summed E-state index contributed by atoms with van der Waals surface area (Å²) in [4.78, 5) is 18.2. The lowest BCUT2D eigenvalue weighted by Crippen LogP contribution is -2.40. The van der Waals surface area contributed by atoms with Gasteiger partial charge in [-0.15, -0.1) is 5.92 Å². The van der Waals surface area contributed by atoms with E-state index in [1.54, 1.807) is 24.3 Å². The zero-order valence-electron chi connectivity index (χ0n) is 24.3. The van der Waals surface area contributed by atoms with E-state index >= 15 is 0 Å². The molecule has 0 spiro atoms. The predicted octanol–water partition coefficient (Wildman–Crippen LogP) is 5.35. The molecule has 2 N–H and O–H groups in total. The highest BCUT2D eigenvalue weighted by molar-refractivity contribution is 5.78. The van der Waals surface area contributed by atoms with Gasteiger partial charge in [0, 0.05) is 38.3 Å². The number of hydrogen-bond acceptors (Lipinski definition) is 8. The summed E-state index contributed by atoms with van der Waals surface area (Å²) in [6.45, 7) is 8.34. The van der Waals surface area contributed by atoms with Crippen molar-refractivity contribution in [3.05, 3.63) is 48.0 Å². The topological polar surface area (TPSA) is 91.6 Å². The van der Waals surface area contributed by atoms with Crippen molar-refractivity contribution in [2.24, 2.45) is 5.92 Å². The largest absolute Gasteiger partial charge is 0.516 e. The van der Waals surface area contributed by atoms with Gasteiger partial charge in [-0.05, 0) is 63.2 Å². The zero-order chi connectivity index (χ0) is 29.5. The number of imidazole rings is 1. The lowest BCUT2D eigenvalue weighted by Gasteiger charge is -2.36. The highest BCUT2D eigenvalue weighted by Crippen LogP contribution is 2.31. The Morgan fingerprint density at radius 3 is 2.60 bits per heavy atom. The van der Waals surface area contributed by atoms with Gasteiger partial charge in [-0.2, -0.15) is 9.97 Å². The fraction of sp³-hybridized carbons (Fsp3) is 0.516. The molecule has 2 fully saturated rings. The summed E-state index contributed by atoms with van der Waals surface area (Å²) in [5.41, 5.74) is 1.99. The quantitative estimate of drug-likeness (QED) is 0.246. The van der Waals surface area contributed by atoms with Crippen LogP contribution in [0.4, 0.5) is 20.5 Å². The van der Waals surface area contributed by atoms with Crippen molar-refractivity contribution in [3.63, 3.8) is 0 Å². The van der Waals surface area contributed by atoms with Gasteiger partial charge in [0.25, 0.3) is 6.43 Å². The molecule has 1 aliphatic heterocycles. The maximum Gasteiger partial charge on any atom is 0.296 e. The molecule has 2 aromatic heterocycles. The molecular weight excluding hydrogens is 540 g/mol. The zero-order valence-corrected chi connectivity index (χ0v) is 24.3. The molecule has 0 unspecified atom stereocenters. The number of aliphatic hydroxyl groups excluding tert-OH is 1. The van der Waals surface area contributed by atoms with Crippen molar-refractivity contribution in [2.75, 3.05) is 56.2 Å². The van der Waals surface area contributed by atoms with Crippen LogP contribution in [0, 0.1) is 17.8 Å². The van der Waals surface area contributed by atoms with E-state index in [-0.39, 0.29) is 5.82 Å². The van der Waals surface area contributed by atoms with Crippen LogP contribution >= 0.6 is 0 Å². The molecule has 2 aliphatic rings. The van der Waals surface area contributed by atoms with Gasteiger partial charge in [0.15, 0.2) is 5.82 Å². The number of benzene rings is 1. The highest BCUT2D eigenvalue weighted by atomic mass is 19.3. The van der Waals surface area contributed by atoms with Crippen LogP contribution in [0.25, 0.3) is 16.9 Å². The molecule has 0 bridgehead atoms. The predicted molar refractivity (Wildman–Crippen MR) is 160 cm³/mol. The Bertz CT molecular complexity index is 1430. The van der Waals surface area contributed by atoms with Crippen molar-refractivity contribution >= 4 is 22.8 Å². The molecule has 224 valence electrons. The minimum atomic E-state index is -2.76. The fourth-order valence-electron chi connectivity index (χ4n) is 5.81. The number of halogens is 2. The average molecular weight is 580 g/mol. The smallest absolute Gasteiger partial charge is 0.296 e. The lowest BCUT2D eigenvalue weighted by atomic mass is 9.85. The Kier molecular flexibility index (Phi) is 9.87.